The highest BCUT2D eigenvalue weighted by Gasteiger charge is 2.79. The van der Waals surface area contributed by atoms with Crippen LogP contribution in [0.2, 0.25) is 0 Å². The summed E-state index contributed by atoms with van der Waals surface area (Å²) in [7, 11) is -4.47. The van der Waals surface area contributed by atoms with Gasteiger partial charge in [0.05, 0.1) is 18.9 Å². The largest absolute Gasteiger partial charge is 0.506 e. The lowest BCUT2D eigenvalue weighted by Crippen LogP contribution is -2.39. The third-order valence-electron chi connectivity index (χ3n) is 5.82. The van der Waals surface area contributed by atoms with E-state index in [4.69, 9.17) is 15.0 Å². The van der Waals surface area contributed by atoms with Crippen LogP contribution in [0.1, 0.15) is 22.9 Å². The third kappa shape index (κ3) is 4.15. The summed E-state index contributed by atoms with van der Waals surface area (Å²) in [6, 6.07) is 0.197. The first-order valence-electron chi connectivity index (χ1n) is 9.86. The molecule has 1 saturated carbocycles. The number of hydrogen-bond donors (Lipinski definition) is 6. The number of aromatic hydroxyl groups is 1. The van der Waals surface area contributed by atoms with Gasteiger partial charge in [0.2, 0.25) is 0 Å². The number of halogens is 1. The van der Waals surface area contributed by atoms with Crippen molar-refractivity contribution in [3.8, 4) is 5.75 Å². The highest BCUT2D eigenvalue weighted by molar-refractivity contribution is 7.50. The molecule has 6 atom stereocenters. The predicted octanol–water partition coefficient (Wildman–Crippen LogP) is -0.975. The zero-order valence-corrected chi connectivity index (χ0v) is 18.2. The highest BCUT2D eigenvalue weighted by Crippen LogP contribution is 2.61. The van der Waals surface area contributed by atoms with Crippen LogP contribution in [-0.4, -0.2) is 65.3 Å². The number of nitrogens with one attached hydrogen (secondary N) is 1. The summed E-state index contributed by atoms with van der Waals surface area (Å²) in [5.41, 5.74) is 3.00. The van der Waals surface area contributed by atoms with E-state index < -0.39 is 56.7 Å². The molecule has 0 aromatic carbocycles. The fourth-order valence-electron chi connectivity index (χ4n) is 3.94. The predicted molar refractivity (Wildman–Crippen MR) is 110 cm³/mol. The number of hydrogen-bond acceptors (Lipinski definition) is 10. The van der Waals surface area contributed by atoms with Gasteiger partial charge in [-0.15, -0.1) is 0 Å². The number of nitrogens with two attached hydrogens (primary N) is 1. The van der Waals surface area contributed by atoms with Crippen molar-refractivity contribution < 1.29 is 38.4 Å². The summed E-state index contributed by atoms with van der Waals surface area (Å²) in [5, 5.41) is 32.1. The number of ether oxygens (including phenoxy) is 1. The van der Waals surface area contributed by atoms with Crippen LogP contribution in [0.5, 0.6) is 5.75 Å². The average Bonchev–Trinajstić information content (AvgIpc) is 3.26. The number of anilines is 1. The van der Waals surface area contributed by atoms with Crippen LogP contribution < -0.4 is 16.5 Å². The average molecular weight is 487 g/mol. The Bertz CT molecular complexity index is 1180. The van der Waals surface area contributed by atoms with Crippen LogP contribution >= 0.6 is 7.75 Å². The molecule has 7 N–H and O–H groups in total. The van der Waals surface area contributed by atoms with Crippen LogP contribution in [0.25, 0.3) is 0 Å². The number of pyridine rings is 1. The maximum atomic E-state index is 15.3. The highest BCUT2D eigenvalue weighted by atomic mass is 31.2. The molecule has 180 valence electrons. The SMILES string of the molecule is Cc1ncc(CO)c(CNP(=O)(O)OC[C@H]2OC3[C@@H](n4ccc(N)nc4=O)C3(F)C2O)c1O. The van der Waals surface area contributed by atoms with E-state index in [0.29, 0.717) is 0 Å². The molecule has 0 spiro atoms. The topological polar surface area (TPSA) is 202 Å². The van der Waals surface area contributed by atoms with Crippen molar-refractivity contribution in [2.75, 3.05) is 12.3 Å². The quantitative estimate of drug-likeness (QED) is 0.249. The Kier molecular flexibility index (Phi) is 6.03. The Morgan fingerprint density at radius 1 is 1.48 bits per heavy atom. The first-order chi connectivity index (χ1) is 15.5. The van der Waals surface area contributed by atoms with Crippen LogP contribution in [0.15, 0.2) is 23.3 Å². The lowest BCUT2D eigenvalue weighted by molar-refractivity contribution is -0.0450. The summed E-state index contributed by atoms with van der Waals surface area (Å²) >= 11 is 0. The van der Waals surface area contributed by atoms with Crippen molar-refractivity contribution in [3.63, 3.8) is 0 Å². The van der Waals surface area contributed by atoms with Gasteiger partial charge in [-0.1, -0.05) is 0 Å². The molecule has 1 aliphatic heterocycles. The summed E-state index contributed by atoms with van der Waals surface area (Å²) < 4.78 is 38.9. The second kappa shape index (κ2) is 8.40. The van der Waals surface area contributed by atoms with Gasteiger partial charge in [0.1, 0.15) is 35.9 Å². The van der Waals surface area contributed by atoms with E-state index in [9.17, 15) is 29.6 Å². The maximum absolute atomic E-state index is 15.3. The molecule has 3 heterocycles. The van der Waals surface area contributed by atoms with Gasteiger partial charge in [-0.05, 0) is 13.0 Å². The molecule has 1 saturated heterocycles. The first-order valence-corrected chi connectivity index (χ1v) is 11.4. The van der Waals surface area contributed by atoms with Gasteiger partial charge < -0.3 is 30.7 Å². The van der Waals surface area contributed by atoms with Gasteiger partial charge in [0.25, 0.3) is 0 Å². The summed E-state index contributed by atoms with van der Waals surface area (Å²) in [4.78, 5) is 29.4. The summed E-state index contributed by atoms with van der Waals surface area (Å²) in [6.07, 6.45) is -1.59. The van der Waals surface area contributed by atoms with E-state index in [2.05, 4.69) is 15.1 Å². The van der Waals surface area contributed by atoms with E-state index in [-0.39, 0.29) is 34.9 Å². The van der Waals surface area contributed by atoms with Gasteiger partial charge in [0, 0.05) is 30.1 Å². The Labute approximate surface area is 186 Å². The van der Waals surface area contributed by atoms with Crippen LogP contribution in [0, 0.1) is 6.92 Å². The number of alkyl halides is 1. The standard InChI is InChI=1S/C18H23FN5O8P/c1-8-13(26)10(9(6-25)4-21-8)5-22-33(29,30)31-7-11-15(27)18(19)14(16(18)32-11)24-3-2-12(20)23-17(24)28/h2-4,11,14-16,25-27H,5-7H2,1H3,(H2,20,23,28)(H2,22,29,30)/t11-,14-,15?,16?,18?/m1/s1. The Hall–Kier alpha value is -2.45. The number of nitrogens with zero attached hydrogens (tertiary/aromatic N) is 3. The lowest BCUT2D eigenvalue weighted by atomic mass is 10.1. The van der Waals surface area contributed by atoms with Crippen molar-refractivity contribution in [1.82, 2.24) is 19.6 Å². The Morgan fingerprint density at radius 3 is 2.82 bits per heavy atom. The van der Waals surface area contributed by atoms with Gasteiger partial charge >= 0.3 is 13.4 Å². The molecule has 4 rings (SSSR count). The van der Waals surface area contributed by atoms with E-state index in [1.54, 1.807) is 0 Å². The van der Waals surface area contributed by atoms with Gasteiger partial charge in [0.15, 0.2) is 5.67 Å². The Balaban J connectivity index is 1.36. The summed E-state index contributed by atoms with van der Waals surface area (Å²) in [5.74, 6) is -0.281. The van der Waals surface area contributed by atoms with Gasteiger partial charge in [-0.2, -0.15) is 4.98 Å². The normalized spacial score (nSPS) is 30.1. The van der Waals surface area contributed by atoms with Crippen molar-refractivity contribution in [2.45, 2.75) is 50.1 Å². The zero-order chi connectivity index (χ0) is 24.1. The van der Waals surface area contributed by atoms with Crippen molar-refractivity contribution in [3.05, 3.63) is 45.8 Å². The van der Waals surface area contributed by atoms with E-state index in [1.165, 1.54) is 25.4 Å². The van der Waals surface area contributed by atoms with E-state index in [0.717, 1.165) is 4.57 Å². The molecule has 2 aromatic rings. The molecule has 33 heavy (non-hydrogen) atoms. The Morgan fingerprint density at radius 2 is 2.21 bits per heavy atom. The number of rotatable bonds is 8. The molecule has 0 bridgehead atoms. The number of aliphatic hydroxyl groups is 2. The van der Waals surface area contributed by atoms with E-state index in [1.807, 2.05) is 0 Å². The maximum Gasteiger partial charge on any atom is 0.403 e. The molecule has 2 aliphatic rings. The molecular weight excluding hydrogens is 464 g/mol. The molecule has 2 aromatic heterocycles. The second-order valence-electron chi connectivity index (χ2n) is 7.86. The lowest BCUT2D eigenvalue weighted by Gasteiger charge is -2.23. The molecule has 1 aliphatic carbocycles. The monoisotopic (exact) mass is 487 g/mol. The number of aromatic nitrogens is 3. The molecule has 4 unspecified atom stereocenters. The molecular formula is C18H23FN5O8P. The zero-order valence-electron chi connectivity index (χ0n) is 17.3. The molecule has 13 nitrogen and oxygen atoms in total. The van der Waals surface area contributed by atoms with Gasteiger partial charge in [-0.3, -0.25) is 14.1 Å². The van der Waals surface area contributed by atoms with Crippen LogP contribution in [0.3, 0.4) is 0 Å². The van der Waals surface area contributed by atoms with Gasteiger partial charge in [-0.25, -0.2) is 18.8 Å². The molecule has 0 amide bonds. The molecule has 0 radical (unpaired) electrons. The fourth-order valence-corrected chi connectivity index (χ4v) is 4.74. The first kappa shape index (κ1) is 23.7. The van der Waals surface area contributed by atoms with Crippen molar-refractivity contribution in [2.24, 2.45) is 0 Å². The fraction of sp³-hybridized carbons (Fsp3) is 0.500. The van der Waals surface area contributed by atoms with Crippen molar-refractivity contribution in [1.29, 1.82) is 0 Å². The van der Waals surface area contributed by atoms with E-state index >= 15 is 4.39 Å². The number of fused-ring (bicyclic) bond motifs is 1. The summed E-state index contributed by atoms with van der Waals surface area (Å²) in [6.45, 7) is 0.107. The van der Waals surface area contributed by atoms with Crippen LogP contribution in [-0.2, 0) is 27.0 Å². The second-order valence-corrected chi connectivity index (χ2v) is 9.47. The third-order valence-corrected chi connectivity index (χ3v) is 6.87. The minimum Gasteiger partial charge on any atom is -0.506 e. The molecule has 2 fully saturated rings. The molecule has 15 heteroatoms. The van der Waals surface area contributed by atoms with Crippen molar-refractivity contribution >= 4 is 13.6 Å². The number of aryl methyl sites for hydroxylation is 1. The minimum absolute atomic E-state index is 0.0322. The smallest absolute Gasteiger partial charge is 0.403 e. The van der Waals surface area contributed by atoms with Crippen LogP contribution in [0.4, 0.5) is 10.2 Å². The minimum atomic E-state index is -4.47. The number of nitrogen functional groups attached to an aromatic ring is 1. The number of aliphatic hydroxyl groups excluding tert-OH is 2.